The van der Waals surface area contributed by atoms with Gasteiger partial charge >= 0.3 is 21.0 Å². The van der Waals surface area contributed by atoms with Crippen LogP contribution in [0.5, 0.6) is 0 Å². The fraction of sp³-hybridized carbons (Fsp3) is 1.00. The fourth-order valence-corrected chi connectivity index (χ4v) is 0.158. The van der Waals surface area contributed by atoms with Gasteiger partial charge < -0.3 is 10.2 Å². The van der Waals surface area contributed by atoms with Gasteiger partial charge in [-0.15, -0.1) is 37.2 Å². The maximum atomic E-state index is 8.40. The summed E-state index contributed by atoms with van der Waals surface area (Å²) in [7, 11) is 0. The van der Waals surface area contributed by atoms with Gasteiger partial charge in [0.15, 0.2) is 0 Å². The van der Waals surface area contributed by atoms with Crippen LogP contribution in [0.15, 0.2) is 0 Å². The van der Waals surface area contributed by atoms with Crippen molar-refractivity contribution < 1.29 is 31.3 Å². The first-order chi connectivity index (χ1) is 5.97. The normalized spacial score (nSPS) is 7.31. The topological polar surface area (TPSA) is 57.5 Å². The number of hydrogen-bond donors (Lipinski definition) is 2. The van der Waals surface area contributed by atoms with Gasteiger partial charge in [0.25, 0.3) is 0 Å². The van der Waals surface area contributed by atoms with Crippen LogP contribution in [0, 0.1) is 5.41 Å². The molecule has 0 saturated heterocycles. The van der Waals surface area contributed by atoms with Crippen molar-refractivity contribution in [2.24, 2.45) is 5.41 Å². The first kappa shape index (κ1) is 36.0. The van der Waals surface area contributed by atoms with Crippen LogP contribution < -0.4 is 0 Å². The van der Waals surface area contributed by atoms with Gasteiger partial charge in [0.1, 0.15) is 0 Å². The van der Waals surface area contributed by atoms with E-state index in [1.807, 2.05) is 20.8 Å². The van der Waals surface area contributed by atoms with Gasteiger partial charge in [0, 0.05) is 13.2 Å². The quantitative estimate of drug-likeness (QED) is 0.814. The van der Waals surface area contributed by atoms with Crippen LogP contribution >= 0.6 is 37.2 Å². The van der Waals surface area contributed by atoms with Gasteiger partial charge in [-0.2, -0.15) is 0 Å². The number of unbranched alkanes of at least 4 members (excludes halogenated alkanes) is 1. The van der Waals surface area contributed by atoms with E-state index in [4.69, 9.17) is 13.9 Å². The number of halogens is 3. The Balaban J connectivity index is -0.0000000234. The molecule has 0 bridgehead atoms. The predicted octanol–water partition coefficient (Wildman–Crippen LogP) is 2.95. The molecule has 7 heteroatoms. The second-order valence-corrected chi connectivity index (χ2v) is 3.80. The number of rotatable bonds is 2. The third-order valence-corrected chi connectivity index (χ3v) is 0.986. The molecule has 0 aliphatic carbocycles. The summed E-state index contributed by atoms with van der Waals surface area (Å²) < 4.78 is 8.19. The Morgan fingerprint density at radius 1 is 1.00 bits per heavy atom. The van der Waals surface area contributed by atoms with Gasteiger partial charge in [-0.3, -0.25) is 0 Å². The summed E-state index contributed by atoms with van der Waals surface area (Å²) in [5.74, 6) is 0. The van der Waals surface area contributed by atoms with Crippen molar-refractivity contribution in [3.63, 3.8) is 0 Å². The van der Waals surface area contributed by atoms with E-state index in [0.29, 0.717) is 6.61 Å². The molecule has 0 aromatic heterocycles. The molecule has 16 heavy (non-hydrogen) atoms. The molecule has 3 nitrogen and oxygen atoms in total. The van der Waals surface area contributed by atoms with Gasteiger partial charge in [-0.1, -0.05) is 34.1 Å². The van der Waals surface area contributed by atoms with Crippen LogP contribution in [0.3, 0.4) is 0 Å². The molecule has 0 unspecified atom stereocenters. The van der Waals surface area contributed by atoms with Crippen molar-refractivity contribution in [2.75, 3.05) is 13.2 Å². The van der Waals surface area contributed by atoms with Crippen molar-refractivity contribution in [1.82, 2.24) is 0 Å². The van der Waals surface area contributed by atoms with Gasteiger partial charge in [0.05, 0.1) is 0 Å². The Morgan fingerprint density at radius 2 is 1.25 bits per heavy atom. The van der Waals surface area contributed by atoms with Crippen LogP contribution in [0.1, 0.15) is 40.5 Å². The minimum atomic E-state index is 0. The summed E-state index contributed by atoms with van der Waals surface area (Å²) in [5.41, 5.74) is 0.0972. The zero-order valence-electron chi connectivity index (χ0n) is 10.3. The van der Waals surface area contributed by atoms with Crippen molar-refractivity contribution in [2.45, 2.75) is 40.5 Å². The van der Waals surface area contributed by atoms with Crippen LogP contribution in [0.2, 0.25) is 0 Å². The minimum absolute atomic E-state index is 0. The summed E-state index contributed by atoms with van der Waals surface area (Å²) in [4.78, 5) is 0. The summed E-state index contributed by atoms with van der Waals surface area (Å²) in [6.07, 6.45) is 2.04. The molecular formula is C9H25Cl3O3V. The van der Waals surface area contributed by atoms with Crippen LogP contribution in [0.25, 0.3) is 0 Å². The molecule has 0 aromatic carbocycles. The molecule has 2 N–H and O–H groups in total. The molecule has 105 valence electrons. The molecule has 0 saturated carbocycles. The van der Waals surface area contributed by atoms with E-state index in [2.05, 4.69) is 6.92 Å². The summed E-state index contributed by atoms with van der Waals surface area (Å²) in [6, 6.07) is 0. The van der Waals surface area contributed by atoms with E-state index in [9.17, 15) is 0 Å². The monoisotopic (exact) mass is 337 g/mol. The predicted molar refractivity (Wildman–Crippen MR) is 71.0 cm³/mol. The molecule has 0 radical (unpaired) electrons. The SMILES string of the molecule is CC(C)(C)CO.CCCCO.Cl.Cl.Cl.[O]=[V]. The van der Waals surface area contributed by atoms with Crippen molar-refractivity contribution in [3.05, 3.63) is 0 Å². The third-order valence-electron chi connectivity index (χ3n) is 0.986. The van der Waals surface area contributed by atoms with Crippen molar-refractivity contribution >= 4 is 37.2 Å². The van der Waals surface area contributed by atoms with Crippen LogP contribution in [0.4, 0.5) is 0 Å². The Morgan fingerprint density at radius 3 is 1.25 bits per heavy atom. The molecule has 0 heterocycles. The Kier molecular flexibility index (Phi) is 67.1. The molecule has 0 atom stereocenters. The van der Waals surface area contributed by atoms with E-state index in [1.165, 1.54) is 0 Å². The van der Waals surface area contributed by atoms with Gasteiger partial charge in [-0.05, 0) is 11.8 Å². The molecule has 0 spiro atoms. The summed E-state index contributed by atoms with van der Waals surface area (Å²) >= 11 is 1.06. The van der Waals surface area contributed by atoms with E-state index >= 15 is 0 Å². The van der Waals surface area contributed by atoms with Crippen LogP contribution in [-0.4, -0.2) is 23.4 Å². The molecule has 0 aliphatic rings. The molecule has 0 fully saturated rings. The maximum absolute atomic E-state index is 8.40. The fourth-order valence-electron chi connectivity index (χ4n) is 0.158. The number of hydrogen-bond acceptors (Lipinski definition) is 3. The van der Waals surface area contributed by atoms with Gasteiger partial charge in [0.2, 0.25) is 0 Å². The van der Waals surface area contributed by atoms with Crippen molar-refractivity contribution in [3.8, 4) is 0 Å². The van der Waals surface area contributed by atoms with E-state index < -0.39 is 0 Å². The Hall–Kier alpha value is 1.17. The Bertz CT molecular complexity index is 90.6. The zero-order chi connectivity index (χ0) is 11.3. The standard InChI is InChI=1S/C5H12O.C4H10O.3ClH.O.V/c1-5(2,3)4-6;1-2-3-4-5;;;;;/h6H,4H2,1-3H3;5H,2-4H2,1H3;3*1H;;. The molecule has 0 aromatic rings. The second kappa shape index (κ2) is 29.8. The van der Waals surface area contributed by atoms with Gasteiger partial charge in [-0.25, -0.2) is 0 Å². The number of aliphatic hydroxyl groups excluding tert-OH is 2. The molecule has 0 aliphatic heterocycles. The molecule has 0 amide bonds. The summed E-state index contributed by atoms with van der Waals surface area (Å²) in [6.45, 7) is 8.65. The van der Waals surface area contributed by atoms with Crippen molar-refractivity contribution in [1.29, 1.82) is 0 Å². The summed E-state index contributed by atoms with van der Waals surface area (Å²) in [5, 5.41) is 16.5. The first-order valence-electron chi connectivity index (χ1n) is 4.38. The first-order valence-corrected chi connectivity index (χ1v) is 4.95. The van der Waals surface area contributed by atoms with E-state index in [0.717, 1.165) is 30.2 Å². The van der Waals surface area contributed by atoms with E-state index in [1.54, 1.807) is 0 Å². The number of aliphatic hydroxyl groups is 2. The zero-order valence-corrected chi connectivity index (χ0v) is 14.1. The Labute approximate surface area is 127 Å². The third kappa shape index (κ3) is 80.0. The molecule has 0 rings (SSSR count). The van der Waals surface area contributed by atoms with E-state index in [-0.39, 0.29) is 49.2 Å². The molecular weight excluding hydrogens is 313 g/mol. The average Bonchev–Trinajstić information content (AvgIpc) is 2.09. The average molecular weight is 339 g/mol. The second-order valence-electron chi connectivity index (χ2n) is 3.80. The van der Waals surface area contributed by atoms with Crippen LogP contribution in [-0.2, 0) is 21.0 Å².